The van der Waals surface area contributed by atoms with Gasteiger partial charge in [0.05, 0.1) is 0 Å². The summed E-state index contributed by atoms with van der Waals surface area (Å²) in [5.74, 6) is 0.723. The molecular weight excluding hydrogens is 319 g/mol. The number of thiol groups is 1. The smallest absolute Gasteiger partial charge is 0.291 e. The molecule has 0 heterocycles. The third-order valence-corrected chi connectivity index (χ3v) is 4.43. The van der Waals surface area contributed by atoms with Crippen LogP contribution in [0, 0.1) is 0 Å². The molecule has 5 heteroatoms. The summed E-state index contributed by atoms with van der Waals surface area (Å²) < 4.78 is 5.56. The molecule has 1 aromatic carbocycles. The van der Waals surface area contributed by atoms with Gasteiger partial charge in [0.15, 0.2) is 0 Å². The molecular formula is C16H27O2PS2. The largest absolute Gasteiger partial charge is 0.436 e. The molecule has 120 valence electrons. The Morgan fingerprint density at radius 1 is 1.10 bits per heavy atom. The predicted molar refractivity (Wildman–Crippen MR) is 99.0 cm³/mol. The van der Waals surface area contributed by atoms with Gasteiger partial charge in [-0.1, -0.05) is 63.9 Å². The van der Waals surface area contributed by atoms with E-state index in [9.17, 15) is 4.89 Å². The summed E-state index contributed by atoms with van der Waals surface area (Å²) in [6.07, 6.45) is 9.23. The number of benzene rings is 1. The first-order valence-corrected chi connectivity index (χ1v) is 11.7. The van der Waals surface area contributed by atoms with Gasteiger partial charge in [0, 0.05) is 0 Å². The second-order valence-corrected chi connectivity index (χ2v) is 10.5. The summed E-state index contributed by atoms with van der Waals surface area (Å²) in [5, 5.41) is 0. The van der Waals surface area contributed by atoms with Crippen molar-refractivity contribution in [2.24, 2.45) is 0 Å². The molecule has 1 unspecified atom stereocenters. The van der Waals surface area contributed by atoms with Crippen LogP contribution in [0.15, 0.2) is 18.2 Å². The summed E-state index contributed by atoms with van der Waals surface area (Å²) in [5.41, 5.74) is -0.442. The van der Waals surface area contributed by atoms with E-state index in [0.717, 1.165) is 25.0 Å². The van der Waals surface area contributed by atoms with E-state index < -0.39 is 5.69 Å². The van der Waals surface area contributed by atoms with Crippen molar-refractivity contribution in [3.05, 3.63) is 29.3 Å². The molecule has 0 fully saturated rings. The van der Waals surface area contributed by atoms with Gasteiger partial charge < -0.3 is 9.42 Å². The van der Waals surface area contributed by atoms with Crippen LogP contribution in [0.1, 0.15) is 63.5 Å². The fraction of sp³-hybridized carbons (Fsp3) is 0.625. The molecule has 0 aliphatic carbocycles. The van der Waals surface area contributed by atoms with Crippen LogP contribution in [-0.4, -0.2) is 4.89 Å². The fourth-order valence-electron chi connectivity index (χ4n) is 2.46. The van der Waals surface area contributed by atoms with E-state index in [-0.39, 0.29) is 0 Å². The van der Waals surface area contributed by atoms with Gasteiger partial charge in [-0.3, -0.25) is 0 Å². The monoisotopic (exact) mass is 346 g/mol. The van der Waals surface area contributed by atoms with Crippen LogP contribution < -0.4 is 4.52 Å². The molecule has 0 radical (unpaired) electrons. The van der Waals surface area contributed by atoms with E-state index in [1.807, 2.05) is 12.1 Å². The van der Waals surface area contributed by atoms with Gasteiger partial charge in [-0.2, -0.15) is 0 Å². The van der Waals surface area contributed by atoms with Crippen molar-refractivity contribution in [1.82, 2.24) is 0 Å². The van der Waals surface area contributed by atoms with Gasteiger partial charge in [-0.05, 0) is 54.7 Å². The highest BCUT2D eigenvalue weighted by Gasteiger charge is 2.15. The maximum Gasteiger partial charge on any atom is 0.291 e. The van der Waals surface area contributed by atoms with Crippen molar-refractivity contribution in [1.29, 1.82) is 0 Å². The molecule has 1 atom stereocenters. The lowest BCUT2D eigenvalue weighted by molar-refractivity contribution is 0.498. The Morgan fingerprint density at radius 3 is 2.29 bits per heavy atom. The van der Waals surface area contributed by atoms with E-state index in [1.165, 1.54) is 43.2 Å². The van der Waals surface area contributed by atoms with E-state index >= 15 is 0 Å². The first-order valence-electron chi connectivity index (χ1n) is 7.83. The summed E-state index contributed by atoms with van der Waals surface area (Å²) in [7, 11) is 0. The van der Waals surface area contributed by atoms with Crippen molar-refractivity contribution >= 4 is 29.7 Å². The molecule has 21 heavy (non-hydrogen) atoms. The lowest BCUT2D eigenvalue weighted by Crippen LogP contribution is -2.00. The van der Waals surface area contributed by atoms with Crippen molar-refractivity contribution in [2.75, 3.05) is 0 Å². The topological polar surface area (TPSA) is 29.5 Å². The third kappa shape index (κ3) is 7.69. The summed E-state index contributed by atoms with van der Waals surface area (Å²) in [4.78, 5) is 9.74. The number of unbranched alkanes of at least 4 members (excludes halogenated alkanes) is 4. The molecule has 1 N–H and O–H groups in total. The van der Waals surface area contributed by atoms with Gasteiger partial charge in [0.1, 0.15) is 5.75 Å². The van der Waals surface area contributed by atoms with Crippen LogP contribution in [0.4, 0.5) is 0 Å². The van der Waals surface area contributed by atoms with Crippen molar-refractivity contribution in [3.8, 4) is 5.75 Å². The molecule has 1 aromatic rings. The van der Waals surface area contributed by atoms with Crippen molar-refractivity contribution in [2.45, 2.75) is 65.2 Å². The maximum absolute atomic E-state index is 9.74. The fourth-order valence-corrected chi connectivity index (χ4v) is 3.39. The number of hydrogen-bond acceptors (Lipinski definition) is 2. The first kappa shape index (κ1) is 19.0. The molecule has 2 nitrogen and oxygen atoms in total. The van der Waals surface area contributed by atoms with Crippen LogP contribution in [0.2, 0.25) is 0 Å². The molecule has 0 saturated carbocycles. The first-order chi connectivity index (χ1) is 9.98. The average Bonchev–Trinajstić information content (AvgIpc) is 2.40. The summed E-state index contributed by atoms with van der Waals surface area (Å²) in [6, 6.07) is 6.06. The Hall–Kier alpha value is -0.0200. The predicted octanol–water partition coefficient (Wildman–Crippen LogP) is 5.68. The molecule has 0 amide bonds. The molecule has 0 spiro atoms. The van der Waals surface area contributed by atoms with E-state index in [4.69, 9.17) is 16.3 Å². The standard InChI is InChI=1S/C16H27O2PS2/c1-3-5-7-10-14-11-9-13-16(18-19(17,20)21)15(14)12-8-6-4-2/h9,11,13H,3-8,10,12H2,1-2H3,(H2,17,20,21). The van der Waals surface area contributed by atoms with Crippen molar-refractivity contribution < 1.29 is 9.42 Å². The zero-order valence-electron chi connectivity index (χ0n) is 13.0. The highest BCUT2D eigenvalue weighted by atomic mass is 32.9. The second-order valence-electron chi connectivity index (χ2n) is 5.39. The second kappa shape index (κ2) is 9.89. The van der Waals surface area contributed by atoms with Gasteiger partial charge in [0.2, 0.25) is 0 Å². The van der Waals surface area contributed by atoms with Gasteiger partial charge in [0.25, 0.3) is 5.69 Å². The Morgan fingerprint density at radius 2 is 1.71 bits per heavy atom. The Balaban J connectivity index is 2.93. The Labute approximate surface area is 139 Å². The third-order valence-electron chi connectivity index (χ3n) is 3.53. The molecule has 0 bridgehead atoms. The molecule has 1 rings (SSSR count). The average molecular weight is 346 g/mol. The lowest BCUT2D eigenvalue weighted by Gasteiger charge is -2.18. The van der Waals surface area contributed by atoms with Gasteiger partial charge in [-0.25, -0.2) is 0 Å². The maximum atomic E-state index is 9.74. The van der Waals surface area contributed by atoms with Gasteiger partial charge >= 0.3 is 0 Å². The summed E-state index contributed by atoms with van der Waals surface area (Å²) in [6.45, 7) is 4.41. The zero-order valence-corrected chi connectivity index (χ0v) is 15.7. The minimum Gasteiger partial charge on any atom is -0.436 e. The molecule has 0 aromatic heterocycles. The lowest BCUT2D eigenvalue weighted by atomic mass is 9.96. The van der Waals surface area contributed by atoms with E-state index in [0.29, 0.717) is 0 Å². The van der Waals surface area contributed by atoms with Gasteiger partial charge in [-0.15, -0.1) is 0 Å². The highest BCUT2D eigenvalue weighted by molar-refractivity contribution is 8.59. The minimum absolute atomic E-state index is 0.723. The minimum atomic E-state index is -2.98. The zero-order chi connectivity index (χ0) is 15.7. The SMILES string of the molecule is CCCCCc1cccc(OP(O)(=S)S)c1CCCCC. The number of aryl methyl sites for hydroxylation is 1. The van der Waals surface area contributed by atoms with Crippen LogP contribution in [0.3, 0.4) is 0 Å². The Kier molecular flexibility index (Phi) is 8.96. The highest BCUT2D eigenvalue weighted by Crippen LogP contribution is 2.48. The number of hydrogen-bond donors (Lipinski definition) is 2. The van der Waals surface area contributed by atoms with Crippen LogP contribution >= 0.6 is 17.9 Å². The van der Waals surface area contributed by atoms with Crippen LogP contribution in [-0.2, 0) is 24.6 Å². The summed E-state index contributed by atoms with van der Waals surface area (Å²) >= 11 is 8.92. The quantitative estimate of drug-likeness (QED) is 0.324. The van der Waals surface area contributed by atoms with E-state index in [1.54, 1.807) is 0 Å². The Bertz CT molecular complexity index is 471. The molecule has 0 aliphatic rings. The number of rotatable bonds is 10. The normalized spacial score (nSPS) is 13.9. The van der Waals surface area contributed by atoms with E-state index in [2.05, 4.69) is 32.2 Å². The molecule has 0 saturated heterocycles. The van der Waals surface area contributed by atoms with Crippen molar-refractivity contribution in [3.63, 3.8) is 0 Å². The van der Waals surface area contributed by atoms with Crippen LogP contribution in [0.5, 0.6) is 5.75 Å². The van der Waals surface area contributed by atoms with Crippen LogP contribution in [0.25, 0.3) is 0 Å². The molecule has 0 aliphatic heterocycles.